The van der Waals surface area contributed by atoms with E-state index in [4.69, 9.17) is 5.73 Å². The number of hydrogen-bond acceptors (Lipinski definition) is 2. The molecule has 0 aliphatic carbocycles. The molecular weight excluding hydrogens is 232 g/mol. The van der Waals surface area contributed by atoms with Crippen molar-refractivity contribution in [1.29, 1.82) is 0 Å². The number of hydrogen-bond donors (Lipinski definition) is 2. The molecule has 0 radical (unpaired) electrons. The van der Waals surface area contributed by atoms with Gasteiger partial charge in [-0.2, -0.15) is 0 Å². The molecule has 0 saturated carbocycles. The highest BCUT2D eigenvalue weighted by molar-refractivity contribution is 5.52. The van der Waals surface area contributed by atoms with Crippen molar-refractivity contribution in [3.05, 3.63) is 65.7 Å². The first-order valence-corrected chi connectivity index (χ1v) is 6.71. The van der Waals surface area contributed by atoms with Gasteiger partial charge in [0.2, 0.25) is 0 Å². The zero-order valence-electron chi connectivity index (χ0n) is 11.7. The van der Waals surface area contributed by atoms with E-state index in [9.17, 15) is 0 Å². The Morgan fingerprint density at radius 2 is 1.63 bits per heavy atom. The molecule has 0 saturated heterocycles. The molecule has 3 N–H and O–H groups in total. The maximum absolute atomic E-state index is 5.99. The van der Waals surface area contributed by atoms with Crippen LogP contribution in [0, 0.1) is 6.92 Å². The van der Waals surface area contributed by atoms with Gasteiger partial charge in [0.1, 0.15) is 0 Å². The Labute approximate surface area is 115 Å². The van der Waals surface area contributed by atoms with Crippen LogP contribution in [-0.2, 0) is 6.42 Å². The summed E-state index contributed by atoms with van der Waals surface area (Å²) in [6.07, 6.45) is 0.915. The zero-order chi connectivity index (χ0) is 13.7. The highest BCUT2D eigenvalue weighted by Gasteiger charge is 2.23. The van der Waals surface area contributed by atoms with Gasteiger partial charge in [0.05, 0.1) is 5.54 Å². The molecule has 0 fully saturated rings. The molecule has 0 bridgehead atoms. The largest absolute Gasteiger partial charge is 0.378 e. The third kappa shape index (κ3) is 3.58. The second-order valence-corrected chi connectivity index (χ2v) is 5.37. The smallest absolute Gasteiger partial charge is 0.0507 e. The van der Waals surface area contributed by atoms with Crippen molar-refractivity contribution >= 4 is 5.69 Å². The summed E-state index contributed by atoms with van der Waals surface area (Å²) in [4.78, 5) is 0. The molecule has 0 aromatic heterocycles. The summed E-state index contributed by atoms with van der Waals surface area (Å²) in [5.41, 5.74) is 9.57. The minimum absolute atomic E-state index is 0.131. The number of aryl methyl sites for hydroxylation is 1. The maximum atomic E-state index is 5.99. The summed E-state index contributed by atoms with van der Waals surface area (Å²) < 4.78 is 0. The van der Waals surface area contributed by atoms with E-state index < -0.39 is 0 Å². The van der Waals surface area contributed by atoms with Gasteiger partial charge in [-0.3, -0.25) is 0 Å². The fraction of sp³-hybridized carbons (Fsp3) is 0.294. The second-order valence-electron chi connectivity index (χ2n) is 5.37. The molecule has 19 heavy (non-hydrogen) atoms. The van der Waals surface area contributed by atoms with Crippen LogP contribution in [0.3, 0.4) is 0 Å². The van der Waals surface area contributed by atoms with Crippen molar-refractivity contribution in [2.24, 2.45) is 5.73 Å². The van der Waals surface area contributed by atoms with Crippen molar-refractivity contribution in [2.75, 3.05) is 11.9 Å². The Balaban J connectivity index is 2.17. The standard InChI is InChI=1S/C17H22N2/c1-14-8-6-7-11-16(14)19-17(2,13-18)12-15-9-4-3-5-10-15/h3-11,19H,12-13,18H2,1-2H3. The van der Waals surface area contributed by atoms with E-state index in [2.05, 4.69) is 67.7 Å². The van der Waals surface area contributed by atoms with Crippen molar-refractivity contribution in [3.8, 4) is 0 Å². The number of anilines is 1. The summed E-state index contributed by atoms with van der Waals surface area (Å²) in [5, 5.41) is 3.60. The normalized spacial score (nSPS) is 13.8. The maximum Gasteiger partial charge on any atom is 0.0507 e. The van der Waals surface area contributed by atoms with Crippen LogP contribution >= 0.6 is 0 Å². The van der Waals surface area contributed by atoms with Gasteiger partial charge in [0.15, 0.2) is 0 Å². The Kier molecular flexibility index (Phi) is 4.23. The lowest BCUT2D eigenvalue weighted by atomic mass is 9.92. The minimum Gasteiger partial charge on any atom is -0.378 e. The third-order valence-corrected chi connectivity index (χ3v) is 3.47. The zero-order valence-corrected chi connectivity index (χ0v) is 11.7. The Morgan fingerprint density at radius 3 is 2.26 bits per heavy atom. The molecule has 2 heteroatoms. The van der Waals surface area contributed by atoms with Crippen LogP contribution in [0.1, 0.15) is 18.1 Å². The number of rotatable bonds is 5. The van der Waals surface area contributed by atoms with Gasteiger partial charge in [0.25, 0.3) is 0 Å². The van der Waals surface area contributed by atoms with Gasteiger partial charge in [-0.15, -0.1) is 0 Å². The van der Waals surface area contributed by atoms with E-state index >= 15 is 0 Å². The molecule has 1 unspecified atom stereocenters. The highest BCUT2D eigenvalue weighted by Crippen LogP contribution is 2.21. The lowest BCUT2D eigenvalue weighted by molar-refractivity contribution is 0.520. The average Bonchev–Trinajstić information content (AvgIpc) is 2.42. The van der Waals surface area contributed by atoms with Crippen LogP contribution in [0.4, 0.5) is 5.69 Å². The van der Waals surface area contributed by atoms with E-state index in [1.165, 1.54) is 11.1 Å². The minimum atomic E-state index is -0.131. The number of benzene rings is 2. The molecule has 2 aromatic carbocycles. The van der Waals surface area contributed by atoms with Gasteiger partial charge in [-0.25, -0.2) is 0 Å². The first kappa shape index (κ1) is 13.6. The summed E-state index contributed by atoms with van der Waals surface area (Å²) in [7, 11) is 0. The molecule has 2 nitrogen and oxygen atoms in total. The fourth-order valence-corrected chi connectivity index (χ4v) is 2.25. The number of nitrogens with one attached hydrogen (secondary N) is 1. The first-order chi connectivity index (χ1) is 9.13. The molecule has 0 amide bonds. The van der Waals surface area contributed by atoms with E-state index in [0.29, 0.717) is 6.54 Å². The molecule has 2 aromatic rings. The second kappa shape index (κ2) is 5.89. The van der Waals surface area contributed by atoms with Crippen molar-refractivity contribution in [1.82, 2.24) is 0 Å². The first-order valence-electron chi connectivity index (χ1n) is 6.71. The van der Waals surface area contributed by atoms with Crippen molar-refractivity contribution in [2.45, 2.75) is 25.8 Å². The summed E-state index contributed by atoms with van der Waals surface area (Å²) in [5.74, 6) is 0. The van der Waals surface area contributed by atoms with E-state index in [0.717, 1.165) is 12.1 Å². The summed E-state index contributed by atoms with van der Waals surface area (Å²) >= 11 is 0. The Bertz CT molecular complexity index is 522. The van der Waals surface area contributed by atoms with Gasteiger partial charge < -0.3 is 11.1 Å². The average molecular weight is 254 g/mol. The van der Waals surface area contributed by atoms with E-state index in [-0.39, 0.29) is 5.54 Å². The Morgan fingerprint density at radius 1 is 1.00 bits per heavy atom. The van der Waals surface area contributed by atoms with Crippen LogP contribution in [0.5, 0.6) is 0 Å². The molecule has 0 heterocycles. The lowest BCUT2D eigenvalue weighted by Gasteiger charge is -2.31. The molecule has 0 spiro atoms. The summed E-state index contributed by atoms with van der Waals surface area (Å²) in [6.45, 7) is 4.88. The van der Waals surface area contributed by atoms with Crippen molar-refractivity contribution in [3.63, 3.8) is 0 Å². The van der Waals surface area contributed by atoms with E-state index in [1.54, 1.807) is 0 Å². The summed E-state index contributed by atoms with van der Waals surface area (Å²) in [6, 6.07) is 18.8. The topological polar surface area (TPSA) is 38.0 Å². The van der Waals surface area contributed by atoms with E-state index in [1.807, 2.05) is 6.07 Å². The van der Waals surface area contributed by atoms with Gasteiger partial charge in [-0.05, 0) is 37.5 Å². The van der Waals surface area contributed by atoms with Crippen LogP contribution in [0.15, 0.2) is 54.6 Å². The van der Waals surface area contributed by atoms with Crippen LogP contribution in [-0.4, -0.2) is 12.1 Å². The van der Waals surface area contributed by atoms with Gasteiger partial charge in [-0.1, -0.05) is 48.5 Å². The lowest BCUT2D eigenvalue weighted by Crippen LogP contribution is -2.44. The predicted octanol–water partition coefficient (Wildman–Crippen LogP) is 3.37. The number of nitrogens with two attached hydrogens (primary N) is 1. The third-order valence-electron chi connectivity index (χ3n) is 3.47. The molecular formula is C17H22N2. The molecule has 1 atom stereocenters. The molecule has 0 aliphatic rings. The predicted molar refractivity (Wildman–Crippen MR) is 82.4 cm³/mol. The highest BCUT2D eigenvalue weighted by atomic mass is 15.0. The molecule has 100 valence electrons. The number of para-hydroxylation sites is 1. The monoisotopic (exact) mass is 254 g/mol. The Hall–Kier alpha value is -1.80. The van der Waals surface area contributed by atoms with Gasteiger partial charge in [0, 0.05) is 12.2 Å². The molecule has 2 rings (SSSR count). The fourth-order valence-electron chi connectivity index (χ4n) is 2.25. The quantitative estimate of drug-likeness (QED) is 0.858. The van der Waals surface area contributed by atoms with Crippen LogP contribution < -0.4 is 11.1 Å². The van der Waals surface area contributed by atoms with Crippen molar-refractivity contribution < 1.29 is 0 Å². The van der Waals surface area contributed by atoms with Gasteiger partial charge >= 0.3 is 0 Å². The molecule has 0 aliphatic heterocycles. The van der Waals surface area contributed by atoms with Crippen LogP contribution in [0.2, 0.25) is 0 Å². The SMILES string of the molecule is Cc1ccccc1NC(C)(CN)Cc1ccccc1. The van der Waals surface area contributed by atoms with Crippen LogP contribution in [0.25, 0.3) is 0 Å².